The quantitative estimate of drug-likeness (QED) is 0.770. The lowest BCUT2D eigenvalue weighted by molar-refractivity contribution is 0.0198. The Morgan fingerprint density at radius 1 is 1.17 bits per heavy atom. The van der Waals surface area contributed by atoms with Crippen molar-refractivity contribution >= 4 is 25.0 Å². The summed E-state index contributed by atoms with van der Waals surface area (Å²) in [5, 5.41) is 18.1. The third-order valence-electron chi connectivity index (χ3n) is 3.31. The van der Waals surface area contributed by atoms with Crippen molar-refractivity contribution in [2.45, 2.75) is 13.0 Å². The van der Waals surface area contributed by atoms with Crippen molar-refractivity contribution in [3.63, 3.8) is 0 Å². The van der Waals surface area contributed by atoms with E-state index in [4.69, 9.17) is 14.8 Å². The Kier molecular flexibility index (Phi) is 6.12. The zero-order chi connectivity index (χ0) is 12.3. The predicted molar refractivity (Wildman–Crippen MR) is 74.3 cm³/mol. The number of hydrogen-bond acceptors (Lipinski definition) is 4. The Balaban J connectivity index is 0.00000162. The number of morpholine rings is 1. The van der Waals surface area contributed by atoms with E-state index in [1.54, 1.807) is 12.1 Å². The number of hydrogen-bond donors (Lipinski definition) is 2. The van der Waals surface area contributed by atoms with Gasteiger partial charge in [0.25, 0.3) is 0 Å². The van der Waals surface area contributed by atoms with Crippen molar-refractivity contribution in [1.82, 2.24) is 4.90 Å². The first-order chi connectivity index (χ1) is 8.18. The topological polar surface area (TPSA) is 52.9 Å². The molecule has 0 radical (unpaired) electrons. The molecule has 2 N–H and O–H groups in total. The molecule has 1 aromatic rings. The minimum absolute atomic E-state index is 0. The van der Waals surface area contributed by atoms with Crippen molar-refractivity contribution in [3.8, 4) is 0 Å². The molecule has 0 spiro atoms. The predicted octanol–water partition coefficient (Wildman–Crippen LogP) is 0.181. The smallest absolute Gasteiger partial charge is 0.423 e. The zero-order valence-electron chi connectivity index (χ0n) is 10.5. The SMILES string of the molecule is CC(c1ccc(B(O)O)cc1)N1CCOCC1.Cl. The van der Waals surface area contributed by atoms with Crippen LogP contribution in [0.15, 0.2) is 24.3 Å². The second kappa shape index (κ2) is 7.11. The summed E-state index contributed by atoms with van der Waals surface area (Å²) in [7, 11) is -1.39. The summed E-state index contributed by atoms with van der Waals surface area (Å²) >= 11 is 0. The molecule has 0 saturated carbocycles. The number of rotatable bonds is 3. The van der Waals surface area contributed by atoms with Gasteiger partial charge in [-0.2, -0.15) is 0 Å². The first kappa shape index (κ1) is 15.5. The monoisotopic (exact) mass is 271 g/mol. The van der Waals surface area contributed by atoms with E-state index in [1.165, 1.54) is 5.56 Å². The normalized spacial score (nSPS) is 17.9. The van der Waals surface area contributed by atoms with Crippen LogP contribution in [0.1, 0.15) is 18.5 Å². The molecule has 1 aromatic carbocycles. The van der Waals surface area contributed by atoms with E-state index in [0.29, 0.717) is 11.5 Å². The van der Waals surface area contributed by atoms with Crippen LogP contribution in [0.3, 0.4) is 0 Å². The van der Waals surface area contributed by atoms with Crippen molar-refractivity contribution in [2.24, 2.45) is 0 Å². The highest BCUT2D eigenvalue weighted by Crippen LogP contribution is 2.20. The van der Waals surface area contributed by atoms with Crippen LogP contribution in [0.25, 0.3) is 0 Å². The fraction of sp³-hybridized carbons (Fsp3) is 0.500. The van der Waals surface area contributed by atoms with Gasteiger partial charge in [0.2, 0.25) is 0 Å². The first-order valence-electron chi connectivity index (χ1n) is 5.96. The van der Waals surface area contributed by atoms with E-state index >= 15 is 0 Å². The van der Waals surface area contributed by atoms with Gasteiger partial charge < -0.3 is 14.8 Å². The summed E-state index contributed by atoms with van der Waals surface area (Å²) < 4.78 is 5.33. The Labute approximate surface area is 114 Å². The van der Waals surface area contributed by atoms with Crippen LogP contribution < -0.4 is 5.46 Å². The molecule has 100 valence electrons. The standard InChI is InChI=1S/C12H18BNO3.ClH/c1-10(14-6-8-17-9-7-14)11-2-4-12(5-3-11)13(15)16;/h2-5,10,15-16H,6-9H2,1H3;1H. The summed E-state index contributed by atoms with van der Waals surface area (Å²) in [5.74, 6) is 0. The number of ether oxygens (including phenoxy) is 1. The molecular weight excluding hydrogens is 252 g/mol. The second-order valence-corrected chi connectivity index (χ2v) is 4.36. The molecule has 1 fully saturated rings. The fourth-order valence-electron chi connectivity index (χ4n) is 2.12. The van der Waals surface area contributed by atoms with Gasteiger partial charge in [0.05, 0.1) is 13.2 Å². The second-order valence-electron chi connectivity index (χ2n) is 4.36. The van der Waals surface area contributed by atoms with Crippen LogP contribution in [-0.4, -0.2) is 48.4 Å². The maximum atomic E-state index is 9.03. The van der Waals surface area contributed by atoms with Crippen molar-refractivity contribution in [2.75, 3.05) is 26.3 Å². The van der Waals surface area contributed by atoms with Crippen LogP contribution in [-0.2, 0) is 4.74 Å². The van der Waals surface area contributed by atoms with Gasteiger partial charge in [0, 0.05) is 19.1 Å². The van der Waals surface area contributed by atoms with Gasteiger partial charge in [-0.25, -0.2) is 0 Å². The summed E-state index contributed by atoms with van der Waals surface area (Å²) in [6, 6.07) is 7.77. The van der Waals surface area contributed by atoms with Crippen LogP contribution in [0.5, 0.6) is 0 Å². The number of benzene rings is 1. The third-order valence-corrected chi connectivity index (χ3v) is 3.31. The molecule has 0 bridgehead atoms. The number of nitrogens with zero attached hydrogens (tertiary/aromatic N) is 1. The average molecular weight is 272 g/mol. The lowest BCUT2D eigenvalue weighted by atomic mass is 9.80. The molecule has 18 heavy (non-hydrogen) atoms. The van der Waals surface area contributed by atoms with E-state index in [1.807, 2.05) is 12.1 Å². The summed E-state index contributed by atoms with van der Waals surface area (Å²) in [6.45, 7) is 5.64. The van der Waals surface area contributed by atoms with E-state index in [-0.39, 0.29) is 12.4 Å². The molecule has 1 unspecified atom stereocenters. The Morgan fingerprint density at radius 3 is 2.22 bits per heavy atom. The first-order valence-corrected chi connectivity index (χ1v) is 5.96. The molecule has 6 heteroatoms. The van der Waals surface area contributed by atoms with Gasteiger partial charge in [-0.15, -0.1) is 12.4 Å². The molecule has 0 aromatic heterocycles. The molecule has 0 aliphatic carbocycles. The summed E-state index contributed by atoms with van der Waals surface area (Å²) in [4.78, 5) is 2.37. The molecular formula is C12H19BClNO3. The molecule has 1 aliphatic heterocycles. The van der Waals surface area contributed by atoms with E-state index < -0.39 is 7.12 Å². The number of halogens is 1. The molecule has 2 rings (SSSR count). The Morgan fingerprint density at radius 2 is 1.72 bits per heavy atom. The molecule has 1 aliphatic rings. The maximum absolute atomic E-state index is 9.03. The van der Waals surface area contributed by atoms with Crippen LogP contribution in [0.2, 0.25) is 0 Å². The van der Waals surface area contributed by atoms with E-state index in [2.05, 4.69) is 11.8 Å². The van der Waals surface area contributed by atoms with E-state index in [0.717, 1.165) is 26.3 Å². The van der Waals surface area contributed by atoms with Crippen molar-refractivity contribution in [3.05, 3.63) is 29.8 Å². The van der Waals surface area contributed by atoms with Crippen LogP contribution in [0, 0.1) is 0 Å². The Hall–Kier alpha value is -0.585. The molecule has 4 nitrogen and oxygen atoms in total. The van der Waals surface area contributed by atoms with Gasteiger partial charge >= 0.3 is 7.12 Å². The van der Waals surface area contributed by atoms with Crippen molar-refractivity contribution in [1.29, 1.82) is 0 Å². The maximum Gasteiger partial charge on any atom is 0.488 e. The van der Waals surface area contributed by atoms with Gasteiger partial charge in [-0.05, 0) is 17.9 Å². The fourth-order valence-corrected chi connectivity index (χ4v) is 2.12. The minimum Gasteiger partial charge on any atom is -0.423 e. The average Bonchev–Trinajstić information content (AvgIpc) is 2.39. The third kappa shape index (κ3) is 3.70. The van der Waals surface area contributed by atoms with Crippen molar-refractivity contribution < 1.29 is 14.8 Å². The minimum atomic E-state index is -1.39. The van der Waals surface area contributed by atoms with Crippen LogP contribution >= 0.6 is 12.4 Å². The highest BCUT2D eigenvalue weighted by Gasteiger charge is 2.19. The Bertz CT molecular complexity index is 355. The van der Waals surface area contributed by atoms with Gasteiger partial charge in [0.15, 0.2) is 0 Å². The lowest BCUT2D eigenvalue weighted by Gasteiger charge is -2.32. The lowest BCUT2D eigenvalue weighted by Crippen LogP contribution is -2.38. The van der Waals surface area contributed by atoms with Gasteiger partial charge in [-0.1, -0.05) is 24.3 Å². The molecule has 1 atom stereocenters. The van der Waals surface area contributed by atoms with Gasteiger partial charge in [0.1, 0.15) is 0 Å². The molecule has 1 saturated heterocycles. The largest absolute Gasteiger partial charge is 0.488 e. The highest BCUT2D eigenvalue weighted by atomic mass is 35.5. The molecule has 0 amide bonds. The van der Waals surface area contributed by atoms with Crippen LogP contribution in [0.4, 0.5) is 0 Å². The summed E-state index contributed by atoms with van der Waals surface area (Å²) in [6.07, 6.45) is 0. The van der Waals surface area contributed by atoms with Gasteiger partial charge in [-0.3, -0.25) is 4.90 Å². The molecule has 1 heterocycles. The van der Waals surface area contributed by atoms with E-state index in [9.17, 15) is 0 Å². The highest BCUT2D eigenvalue weighted by molar-refractivity contribution is 6.58. The summed E-state index contributed by atoms with van der Waals surface area (Å²) in [5.41, 5.74) is 1.72. The zero-order valence-corrected chi connectivity index (χ0v) is 11.3.